The Morgan fingerprint density at radius 3 is 2.57 bits per heavy atom. The van der Waals surface area contributed by atoms with Crippen LogP contribution in [0.4, 0.5) is 18.9 Å². The van der Waals surface area contributed by atoms with Gasteiger partial charge in [0.15, 0.2) is 0 Å². The largest absolute Gasteiger partial charge is 0.458 e. The Hall–Kier alpha value is -2.09. The molecule has 0 aliphatic heterocycles. The zero-order chi connectivity index (χ0) is 15.9. The number of hydrogen-bond acceptors (Lipinski definition) is 4. The molecule has 1 amide bonds. The van der Waals surface area contributed by atoms with Gasteiger partial charge in [0.1, 0.15) is 0 Å². The first-order valence-electron chi connectivity index (χ1n) is 5.99. The summed E-state index contributed by atoms with van der Waals surface area (Å²) in [5.41, 5.74) is -1.06. The lowest BCUT2D eigenvalue weighted by atomic mass is 10.2. The number of amides is 1. The summed E-state index contributed by atoms with van der Waals surface area (Å²) in [5.74, 6) is -2.30. The summed E-state index contributed by atoms with van der Waals surface area (Å²) < 4.78 is 46.8. The van der Waals surface area contributed by atoms with Crippen molar-refractivity contribution >= 4 is 17.6 Å². The number of rotatable bonds is 5. The average Bonchev–Trinajstić information content (AvgIpc) is 2.42. The van der Waals surface area contributed by atoms with Crippen molar-refractivity contribution in [3.05, 3.63) is 29.8 Å². The van der Waals surface area contributed by atoms with Crippen LogP contribution in [0.2, 0.25) is 0 Å². The molecule has 0 unspecified atom stereocenters. The van der Waals surface area contributed by atoms with Crippen molar-refractivity contribution in [2.45, 2.75) is 12.6 Å². The molecule has 8 heteroatoms. The predicted octanol–water partition coefficient (Wildman–Crippen LogP) is 2.22. The Balaban J connectivity index is 2.56. The summed E-state index contributed by atoms with van der Waals surface area (Å²) in [7, 11) is 1.47. The first-order valence-corrected chi connectivity index (χ1v) is 5.99. The first-order chi connectivity index (χ1) is 9.84. The van der Waals surface area contributed by atoms with Gasteiger partial charge in [-0.05, 0) is 18.2 Å². The molecule has 0 bridgehead atoms. The maximum Gasteiger partial charge on any atom is 0.416 e. The van der Waals surface area contributed by atoms with E-state index in [1.807, 2.05) is 0 Å². The number of benzene rings is 1. The number of methoxy groups -OCH3 is 1. The van der Waals surface area contributed by atoms with Crippen molar-refractivity contribution in [3.63, 3.8) is 0 Å². The van der Waals surface area contributed by atoms with Gasteiger partial charge in [-0.2, -0.15) is 13.2 Å². The maximum absolute atomic E-state index is 12.5. The SMILES string of the molecule is COCCCOC(=O)C(=O)Nc1cccc(C(F)(F)F)c1. The van der Waals surface area contributed by atoms with Gasteiger partial charge in [-0.1, -0.05) is 6.07 Å². The first kappa shape index (κ1) is 17.0. The summed E-state index contributed by atoms with van der Waals surface area (Å²) in [4.78, 5) is 22.7. The van der Waals surface area contributed by atoms with Crippen molar-refractivity contribution < 1.29 is 32.2 Å². The van der Waals surface area contributed by atoms with Gasteiger partial charge in [0.05, 0.1) is 12.2 Å². The van der Waals surface area contributed by atoms with Gasteiger partial charge in [-0.15, -0.1) is 0 Å². The quantitative estimate of drug-likeness (QED) is 0.515. The molecule has 0 aromatic heterocycles. The highest BCUT2D eigenvalue weighted by Crippen LogP contribution is 2.30. The Morgan fingerprint density at radius 1 is 1.24 bits per heavy atom. The number of esters is 1. The molecule has 0 heterocycles. The molecule has 1 N–H and O–H groups in total. The van der Waals surface area contributed by atoms with Crippen molar-refractivity contribution in [2.75, 3.05) is 25.6 Å². The van der Waals surface area contributed by atoms with Crippen LogP contribution in [0.1, 0.15) is 12.0 Å². The van der Waals surface area contributed by atoms with Crippen LogP contribution < -0.4 is 5.32 Å². The van der Waals surface area contributed by atoms with Crippen LogP contribution in [-0.4, -0.2) is 32.2 Å². The molecule has 1 aromatic carbocycles. The third-order valence-electron chi connectivity index (χ3n) is 2.36. The summed E-state index contributed by atoms with van der Waals surface area (Å²) in [5, 5.41) is 2.05. The van der Waals surface area contributed by atoms with E-state index < -0.39 is 23.6 Å². The number of ether oxygens (including phenoxy) is 2. The number of alkyl halides is 3. The molecule has 0 aliphatic rings. The minimum absolute atomic E-state index is 0.0112. The van der Waals surface area contributed by atoms with Crippen LogP contribution in [-0.2, 0) is 25.2 Å². The molecule has 0 fully saturated rings. The number of carbonyl (C=O) groups is 2. The zero-order valence-electron chi connectivity index (χ0n) is 11.2. The maximum atomic E-state index is 12.5. The van der Waals surface area contributed by atoms with Gasteiger partial charge in [-0.25, -0.2) is 4.79 Å². The topological polar surface area (TPSA) is 64.6 Å². The summed E-state index contributed by atoms with van der Waals surface area (Å²) in [6, 6.07) is 3.96. The number of halogens is 3. The molecule has 116 valence electrons. The van der Waals surface area contributed by atoms with Gasteiger partial charge in [0, 0.05) is 25.8 Å². The molecule has 0 saturated carbocycles. The lowest BCUT2D eigenvalue weighted by Gasteiger charge is -2.09. The van der Waals surface area contributed by atoms with E-state index in [1.54, 1.807) is 0 Å². The molecule has 21 heavy (non-hydrogen) atoms. The van der Waals surface area contributed by atoms with Crippen molar-refractivity contribution in [3.8, 4) is 0 Å². The van der Waals surface area contributed by atoms with Crippen LogP contribution in [0.15, 0.2) is 24.3 Å². The molecule has 1 aromatic rings. The van der Waals surface area contributed by atoms with E-state index in [0.717, 1.165) is 18.2 Å². The molecule has 0 spiro atoms. The molecule has 0 radical (unpaired) electrons. The lowest BCUT2D eigenvalue weighted by molar-refractivity contribution is -0.152. The minimum atomic E-state index is -4.53. The highest BCUT2D eigenvalue weighted by Gasteiger charge is 2.30. The Labute approximate surface area is 119 Å². The van der Waals surface area contributed by atoms with Crippen LogP contribution in [0.25, 0.3) is 0 Å². The number of nitrogens with one attached hydrogen (secondary N) is 1. The van der Waals surface area contributed by atoms with Crippen molar-refractivity contribution in [2.24, 2.45) is 0 Å². The lowest BCUT2D eigenvalue weighted by Crippen LogP contribution is -2.25. The fourth-order valence-corrected chi connectivity index (χ4v) is 1.39. The monoisotopic (exact) mass is 305 g/mol. The predicted molar refractivity (Wildman–Crippen MR) is 67.5 cm³/mol. The van der Waals surface area contributed by atoms with Crippen LogP contribution in [0, 0.1) is 0 Å². The third kappa shape index (κ3) is 5.82. The molecular weight excluding hydrogens is 291 g/mol. The second-order valence-corrected chi connectivity index (χ2v) is 4.01. The third-order valence-corrected chi connectivity index (χ3v) is 2.36. The average molecular weight is 305 g/mol. The molecule has 5 nitrogen and oxygen atoms in total. The van der Waals surface area contributed by atoms with E-state index in [1.165, 1.54) is 13.2 Å². The van der Waals surface area contributed by atoms with Gasteiger partial charge in [0.25, 0.3) is 0 Å². The van der Waals surface area contributed by atoms with Crippen LogP contribution >= 0.6 is 0 Å². The van der Waals surface area contributed by atoms with Gasteiger partial charge >= 0.3 is 18.1 Å². The summed E-state index contributed by atoms with van der Waals surface area (Å²) in [6.45, 7) is 0.352. The Morgan fingerprint density at radius 2 is 1.95 bits per heavy atom. The zero-order valence-corrected chi connectivity index (χ0v) is 11.2. The van der Waals surface area contributed by atoms with E-state index in [9.17, 15) is 22.8 Å². The molecule has 0 atom stereocenters. The number of hydrogen-bond donors (Lipinski definition) is 1. The number of carbonyl (C=O) groups excluding carboxylic acids is 2. The van der Waals surface area contributed by atoms with Gasteiger partial charge in [0.2, 0.25) is 0 Å². The number of anilines is 1. The highest BCUT2D eigenvalue weighted by molar-refractivity contribution is 6.37. The Kier molecular flexibility index (Phi) is 6.16. The Bertz CT molecular complexity index is 502. The fraction of sp³-hybridized carbons (Fsp3) is 0.385. The molecule has 0 aliphatic carbocycles. The van der Waals surface area contributed by atoms with Crippen LogP contribution in [0.5, 0.6) is 0 Å². The molecular formula is C13H14F3NO4. The van der Waals surface area contributed by atoms with E-state index in [2.05, 4.69) is 10.1 Å². The minimum Gasteiger partial charge on any atom is -0.458 e. The summed E-state index contributed by atoms with van der Waals surface area (Å²) in [6.07, 6.45) is -4.11. The van der Waals surface area contributed by atoms with Crippen molar-refractivity contribution in [1.82, 2.24) is 0 Å². The van der Waals surface area contributed by atoms with Crippen LogP contribution in [0.3, 0.4) is 0 Å². The van der Waals surface area contributed by atoms with E-state index in [0.29, 0.717) is 13.0 Å². The summed E-state index contributed by atoms with van der Waals surface area (Å²) >= 11 is 0. The normalized spacial score (nSPS) is 11.0. The van der Waals surface area contributed by atoms with E-state index in [4.69, 9.17) is 4.74 Å². The second-order valence-electron chi connectivity index (χ2n) is 4.01. The van der Waals surface area contributed by atoms with Gasteiger partial charge in [-0.3, -0.25) is 4.79 Å². The van der Waals surface area contributed by atoms with Crippen molar-refractivity contribution in [1.29, 1.82) is 0 Å². The van der Waals surface area contributed by atoms with E-state index >= 15 is 0 Å². The molecule has 0 saturated heterocycles. The molecule has 1 rings (SSSR count). The second kappa shape index (κ2) is 7.63. The van der Waals surface area contributed by atoms with Gasteiger partial charge < -0.3 is 14.8 Å². The fourth-order valence-electron chi connectivity index (χ4n) is 1.39. The van der Waals surface area contributed by atoms with E-state index in [-0.39, 0.29) is 12.3 Å². The smallest absolute Gasteiger partial charge is 0.416 e. The standard InChI is InChI=1S/C13H14F3NO4/c1-20-6-3-7-21-12(19)11(18)17-10-5-2-4-9(8-10)13(14,15)16/h2,4-5,8H,3,6-7H2,1H3,(H,17,18). The highest BCUT2D eigenvalue weighted by atomic mass is 19.4.